The first kappa shape index (κ1) is 22.4. The van der Waals surface area contributed by atoms with Gasteiger partial charge in [0.1, 0.15) is 0 Å². The number of hydrogen-bond donors (Lipinski definition) is 1. The van der Waals surface area contributed by atoms with Crippen molar-refractivity contribution in [2.45, 2.75) is 105 Å². The lowest BCUT2D eigenvalue weighted by Crippen LogP contribution is -2.44. The van der Waals surface area contributed by atoms with Gasteiger partial charge in [-0.05, 0) is 74.1 Å². The van der Waals surface area contributed by atoms with Gasteiger partial charge in [0.2, 0.25) is 0 Å². The van der Waals surface area contributed by atoms with Crippen LogP contribution in [0.5, 0.6) is 0 Å². The fourth-order valence-corrected chi connectivity index (χ4v) is 2.64. The van der Waals surface area contributed by atoms with Crippen molar-refractivity contribution < 1.29 is 19.4 Å². The average Bonchev–Trinajstić information content (AvgIpc) is 2.36. The molecule has 138 valence electrons. The molecule has 0 saturated carbocycles. The minimum absolute atomic E-state index is 0.116. The summed E-state index contributed by atoms with van der Waals surface area (Å²) in [5.41, 5.74) is -1.74. The van der Waals surface area contributed by atoms with Crippen LogP contribution >= 0.6 is 0 Å². The summed E-state index contributed by atoms with van der Waals surface area (Å²) in [6, 6.07) is 0. The smallest absolute Gasteiger partial charge is 0.309 e. The highest BCUT2D eigenvalue weighted by atomic mass is 16.5. The molecule has 0 heterocycles. The van der Waals surface area contributed by atoms with Crippen molar-refractivity contribution >= 4 is 5.97 Å². The van der Waals surface area contributed by atoms with Gasteiger partial charge in [-0.2, -0.15) is 0 Å². The fourth-order valence-electron chi connectivity index (χ4n) is 2.64. The molecule has 0 fully saturated rings. The molecular weight excluding hydrogens is 292 g/mol. The second kappa shape index (κ2) is 7.98. The summed E-state index contributed by atoms with van der Waals surface area (Å²) in [6.45, 7) is 18.6. The Bertz CT molecular complexity index is 385. The lowest BCUT2D eigenvalue weighted by atomic mass is 9.79. The molecule has 0 aliphatic heterocycles. The van der Waals surface area contributed by atoms with Crippen LogP contribution in [0.3, 0.4) is 0 Å². The van der Waals surface area contributed by atoms with Gasteiger partial charge in [0.15, 0.2) is 0 Å². The average molecular weight is 331 g/mol. The van der Waals surface area contributed by atoms with E-state index in [1.165, 1.54) is 0 Å². The van der Waals surface area contributed by atoms with Crippen LogP contribution in [0.2, 0.25) is 0 Å². The third kappa shape index (κ3) is 8.16. The van der Waals surface area contributed by atoms with E-state index in [4.69, 9.17) is 9.47 Å². The largest absolute Gasteiger partial charge is 0.481 e. The number of hydrogen-bond acceptors (Lipinski definition) is 3. The van der Waals surface area contributed by atoms with Gasteiger partial charge in [-0.15, -0.1) is 0 Å². The molecule has 0 aromatic carbocycles. The van der Waals surface area contributed by atoms with Gasteiger partial charge >= 0.3 is 5.97 Å². The third-order valence-electron chi connectivity index (χ3n) is 4.71. The van der Waals surface area contributed by atoms with E-state index in [9.17, 15) is 9.90 Å². The van der Waals surface area contributed by atoms with Gasteiger partial charge < -0.3 is 14.6 Å². The summed E-state index contributed by atoms with van der Waals surface area (Å²) in [6.07, 6.45) is 3.00. The SMILES string of the molecule is CCC(C)(C)OCCC(C)(C)OC(C)(CC)CC(C)(C)C(=O)O. The molecule has 0 spiro atoms. The standard InChI is InChI=1S/C19H38O4/c1-10-17(5,6)22-13-12-18(7,8)23-19(9,11-2)14-16(3,4)15(20)21/h10-14H2,1-9H3,(H,20,21). The van der Waals surface area contributed by atoms with E-state index < -0.39 is 17.0 Å². The van der Waals surface area contributed by atoms with Gasteiger partial charge in [-0.3, -0.25) is 4.79 Å². The molecule has 1 atom stereocenters. The molecule has 4 nitrogen and oxygen atoms in total. The maximum Gasteiger partial charge on any atom is 0.309 e. The van der Waals surface area contributed by atoms with E-state index in [-0.39, 0.29) is 11.2 Å². The number of carboxylic acids is 1. The molecule has 0 aliphatic rings. The molecule has 0 bridgehead atoms. The van der Waals surface area contributed by atoms with E-state index in [1.54, 1.807) is 13.8 Å². The summed E-state index contributed by atoms with van der Waals surface area (Å²) < 4.78 is 12.3. The molecular formula is C19H38O4. The first-order chi connectivity index (χ1) is 10.2. The molecule has 0 saturated heterocycles. The molecule has 0 aromatic rings. The molecule has 1 unspecified atom stereocenters. The Morgan fingerprint density at radius 1 is 0.913 bits per heavy atom. The van der Waals surface area contributed by atoms with E-state index in [1.807, 2.05) is 13.8 Å². The Kier molecular flexibility index (Phi) is 7.76. The molecule has 23 heavy (non-hydrogen) atoms. The van der Waals surface area contributed by atoms with E-state index in [0.29, 0.717) is 13.0 Å². The van der Waals surface area contributed by atoms with Crippen molar-refractivity contribution in [2.24, 2.45) is 5.41 Å². The van der Waals surface area contributed by atoms with Crippen LogP contribution in [0.15, 0.2) is 0 Å². The minimum Gasteiger partial charge on any atom is -0.481 e. The van der Waals surface area contributed by atoms with Crippen molar-refractivity contribution in [3.63, 3.8) is 0 Å². The number of carbonyl (C=O) groups is 1. The second-order valence-corrected chi connectivity index (χ2v) is 8.74. The number of aliphatic carboxylic acids is 1. The Morgan fingerprint density at radius 2 is 1.43 bits per heavy atom. The number of carboxylic acid groups (broad SMARTS) is 1. The Morgan fingerprint density at radius 3 is 1.83 bits per heavy atom. The molecule has 0 aromatic heterocycles. The molecule has 0 aliphatic carbocycles. The highest BCUT2D eigenvalue weighted by Gasteiger charge is 2.40. The molecule has 0 radical (unpaired) electrons. The van der Waals surface area contributed by atoms with E-state index in [0.717, 1.165) is 19.3 Å². The summed E-state index contributed by atoms with van der Waals surface area (Å²) >= 11 is 0. The maximum absolute atomic E-state index is 11.4. The topological polar surface area (TPSA) is 55.8 Å². The summed E-state index contributed by atoms with van der Waals surface area (Å²) in [5, 5.41) is 9.38. The van der Waals surface area contributed by atoms with Gasteiger partial charge in [0.05, 0.1) is 28.8 Å². The summed E-state index contributed by atoms with van der Waals surface area (Å²) in [7, 11) is 0. The first-order valence-electron chi connectivity index (χ1n) is 8.76. The van der Waals surface area contributed by atoms with Crippen LogP contribution in [0.4, 0.5) is 0 Å². The van der Waals surface area contributed by atoms with Crippen LogP contribution in [0.1, 0.15) is 88.0 Å². The van der Waals surface area contributed by atoms with Crippen molar-refractivity contribution in [2.75, 3.05) is 6.61 Å². The van der Waals surface area contributed by atoms with Crippen LogP contribution in [0, 0.1) is 5.41 Å². The van der Waals surface area contributed by atoms with Crippen molar-refractivity contribution in [1.82, 2.24) is 0 Å². The zero-order chi connectivity index (χ0) is 18.5. The maximum atomic E-state index is 11.4. The van der Waals surface area contributed by atoms with Crippen molar-refractivity contribution in [1.29, 1.82) is 0 Å². The first-order valence-corrected chi connectivity index (χ1v) is 8.76. The Balaban J connectivity index is 4.78. The van der Waals surface area contributed by atoms with Gasteiger partial charge in [-0.1, -0.05) is 13.8 Å². The predicted octanol–water partition coefficient (Wildman–Crippen LogP) is 5.05. The molecule has 0 rings (SSSR count). The summed E-state index contributed by atoms with van der Waals surface area (Å²) in [5.74, 6) is -0.786. The molecule has 1 N–H and O–H groups in total. The van der Waals surface area contributed by atoms with Crippen molar-refractivity contribution in [3.8, 4) is 0 Å². The zero-order valence-electron chi connectivity index (χ0n) is 16.7. The van der Waals surface area contributed by atoms with Crippen LogP contribution in [-0.4, -0.2) is 34.5 Å². The van der Waals surface area contributed by atoms with Crippen LogP contribution in [0.25, 0.3) is 0 Å². The van der Waals surface area contributed by atoms with Crippen molar-refractivity contribution in [3.05, 3.63) is 0 Å². The third-order valence-corrected chi connectivity index (χ3v) is 4.71. The monoisotopic (exact) mass is 330 g/mol. The van der Waals surface area contributed by atoms with Crippen LogP contribution in [-0.2, 0) is 14.3 Å². The Labute approximate surface area is 142 Å². The zero-order valence-corrected chi connectivity index (χ0v) is 16.7. The second-order valence-electron chi connectivity index (χ2n) is 8.74. The lowest BCUT2D eigenvalue weighted by molar-refractivity contribution is -0.173. The predicted molar refractivity (Wildman–Crippen MR) is 94.8 cm³/mol. The van der Waals surface area contributed by atoms with Gasteiger partial charge in [-0.25, -0.2) is 0 Å². The van der Waals surface area contributed by atoms with Gasteiger partial charge in [0, 0.05) is 0 Å². The van der Waals surface area contributed by atoms with Crippen LogP contribution < -0.4 is 0 Å². The Hall–Kier alpha value is -0.610. The normalized spacial score (nSPS) is 16.2. The summed E-state index contributed by atoms with van der Waals surface area (Å²) in [4.78, 5) is 11.4. The number of rotatable bonds is 11. The highest BCUT2D eigenvalue weighted by Crippen LogP contribution is 2.36. The van der Waals surface area contributed by atoms with E-state index >= 15 is 0 Å². The minimum atomic E-state index is -0.804. The quantitative estimate of drug-likeness (QED) is 0.576. The van der Waals surface area contributed by atoms with Gasteiger partial charge in [0.25, 0.3) is 0 Å². The lowest BCUT2D eigenvalue weighted by Gasteiger charge is -2.41. The molecule has 0 amide bonds. The fraction of sp³-hybridized carbons (Fsp3) is 0.947. The molecule has 4 heteroatoms. The number of ether oxygens (including phenoxy) is 2. The van der Waals surface area contributed by atoms with E-state index in [2.05, 4.69) is 34.6 Å². The highest BCUT2D eigenvalue weighted by molar-refractivity contribution is 5.73.